The number of benzene rings is 1. The largest absolute Gasteiger partial charge is 0.484 e. The number of carbonyl (C=O) groups excluding carboxylic acids is 1. The highest BCUT2D eigenvalue weighted by atomic mass is 35.5. The molecule has 0 bridgehead atoms. The van der Waals surface area contributed by atoms with Gasteiger partial charge >= 0.3 is 0 Å². The standard InChI is InChI=1S/C14H18Cl2N2O2.ClH/c1-17-8-12-3-2-4-18(12)14(19)9-20-13-6-10(15)5-11(16)7-13;/h5-7,12,17H,2-4,8-9H2,1H3;1H. The van der Waals surface area contributed by atoms with E-state index in [4.69, 9.17) is 27.9 Å². The van der Waals surface area contributed by atoms with Gasteiger partial charge in [0.15, 0.2) is 6.61 Å². The third-order valence-corrected chi connectivity index (χ3v) is 3.77. The molecule has 1 aliphatic rings. The molecule has 1 N–H and O–H groups in total. The molecule has 1 atom stereocenters. The molecule has 0 radical (unpaired) electrons. The molecule has 7 heteroatoms. The minimum atomic E-state index is -0.00107. The van der Waals surface area contributed by atoms with Crippen molar-refractivity contribution in [2.24, 2.45) is 0 Å². The number of hydrogen-bond acceptors (Lipinski definition) is 3. The number of carbonyl (C=O) groups is 1. The average molecular weight is 354 g/mol. The summed E-state index contributed by atoms with van der Waals surface area (Å²) in [7, 11) is 1.89. The molecule has 1 aromatic carbocycles. The van der Waals surface area contributed by atoms with Crippen molar-refractivity contribution in [2.45, 2.75) is 18.9 Å². The topological polar surface area (TPSA) is 41.6 Å². The van der Waals surface area contributed by atoms with Crippen molar-refractivity contribution in [2.75, 3.05) is 26.7 Å². The summed E-state index contributed by atoms with van der Waals surface area (Å²) in [5, 5.41) is 4.10. The molecule has 1 amide bonds. The third-order valence-electron chi connectivity index (χ3n) is 3.34. The maximum atomic E-state index is 12.2. The molecular weight excluding hydrogens is 335 g/mol. The third kappa shape index (κ3) is 5.22. The molecule has 0 aliphatic carbocycles. The van der Waals surface area contributed by atoms with E-state index < -0.39 is 0 Å². The summed E-state index contributed by atoms with van der Waals surface area (Å²) < 4.78 is 5.49. The van der Waals surface area contributed by atoms with Crippen LogP contribution >= 0.6 is 35.6 Å². The lowest BCUT2D eigenvalue weighted by Gasteiger charge is -2.24. The zero-order valence-corrected chi connectivity index (χ0v) is 14.1. The van der Waals surface area contributed by atoms with Crippen molar-refractivity contribution in [1.82, 2.24) is 10.2 Å². The van der Waals surface area contributed by atoms with Gasteiger partial charge in [-0.15, -0.1) is 12.4 Å². The van der Waals surface area contributed by atoms with Crippen molar-refractivity contribution in [3.05, 3.63) is 28.2 Å². The van der Waals surface area contributed by atoms with Gasteiger partial charge in [0, 0.05) is 29.2 Å². The number of hydrogen-bond donors (Lipinski definition) is 1. The Morgan fingerprint density at radius 2 is 2.05 bits per heavy atom. The molecule has 1 fully saturated rings. The first-order valence-electron chi connectivity index (χ1n) is 6.63. The number of amides is 1. The highest BCUT2D eigenvalue weighted by molar-refractivity contribution is 6.34. The van der Waals surface area contributed by atoms with E-state index in [2.05, 4.69) is 5.32 Å². The van der Waals surface area contributed by atoms with Crippen LogP contribution in [0.4, 0.5) is 0 Å². The number of ether oxygens (including phenoxy) is 1. The first-order chi connectivity index (χ1) is 9.60. The summed E-state index contributed by atoms with van der Waals surface area (Å²) in [4.78, 5) is 14.1. The van der Waals surface area contributed by atoms with Gasteiger partial charge in [-0.3, -0.25) is 4.79 Å². The van der Waals surface area contributed by atoms with Gasteiger partial charge in [0.05, 0.1) is 0 Å². The maximum Gasteiger partial charge on any atom is 0.260 e. The van der Waals surface area contributed by atoms with Gasteiger partial charge in [0.1, 0.15) is 5.75 Å². The van der Waals surface area contributed by atoms with Gasteiger partial charge in [-0.25, -0.2) is 0 Å². The van der Waals surface area contributed by atoms with Crippen LogP contribution in [0.5, 0.6) is 5.75 Å². The van der Waals surface area contributed by atoms with E-state index in [1.165, 1.54) is 0 Å². The fraction of sp³-hybridized carbons (Fsp3) is 0.500. The SMILES string of the molecule is CNCC1CCCN1C(=O)COc1cc(Cl)cc(Cl)c1.Cl. The number of nitrogens with zero attached hydrogens (tertiary/aromatic N) is 1. The minimum Gasteiger partial charge on any atom is -0.484 e. The molecule has 1 aromatic rings. The quantitative estimate of drug-likeness (QED) is 0.885. The molecule has 1 heterocycles. The van der Waals surface area contributed by atoms with E-state index in [0.29, 0.717) is 15.8 Å². The summed E-state index contributed by atoms with van der Waals surface area (Å²) in [6.45, 7) is 1.62. The van der Waals surface area contributed by atoms with Crippen LogP contribution < -0.4 is 10.1 Å². The van der Waals surface area contributed by atoms with Gasteiger partial charge in [0.25, 0.3) is 5.91 Å². The van der Waals surface area contributed by atoms with Gasteiger partial charge < -0.3 is 15.0 Å². The molecule has 0 spiro atoms. The molecule has 118 valence electrons. The lowest BCUT2D eigenvalue weighted by atomic mass is 10.2. The predicted octanol–water partition coefficient (Wildman–Crippen LogP) is 3.00. The van der Waals surface area contributed by atoms with E-state index in [0.717, 1.165) is 25.9 Å². The Bertz CT molecular complexity index is 465. The van der Waals surface area contributed by atoms with E-state index in [1.807, 2.05) is 11.9 Å². The molecule has 0 saturated carbocycles. The lowest BCUT2D eigenvalue weighted by molar-refractivity contribution is -0.134. The first-order valence-corrected chi connectivity index (χ1v) is 7.38. The Kier molecular flexibility index (Phi) is 7.60. The van der Waals surface area contributed by atoms with Crippen LogP contribution in [0.15, 0.2) is 18.2 Å². The van der Waals surface area contributed by atoms with E-state index in [-0.39, 0.29) is 31.0 Å². The van der Waals surface area contributed by atoms with E-state index >= 15 is 0 Å². The molecule has 1 saturated heterocycles. The molecule has 21 heavy (non-hydrogen) atoms. The molecular formula is C14H19Cl3N2O2. The van der Waals surface area contributed by atoms with Crippen molar-refractivity contribution < 1.29 is 9.53 Å². The van der Waals surface area contributed by atoms with Gasteiger partial charge in [0.2, 0.25) is 0 Å². The summed E-state index contributed by atoms with van der Waals surface area (Å²) in [6.07, 6.45) is 2.08. The highest BCUT2D eigenvalue weighted by Crippen LogP contribution is 2.24. The second-order valence-corrected chi connectivity index (χ2v) is 5.71. The minimum absolute atomic E-state index is 0. The smallest absolute Gasteiger partial charge is 0.260 e. The predicted molar refractivity (Wildman–Crippen MR) is 87.9 cm³/mol. The monoisotopic (exact) mass is 352 g/mol. The first kappa shape index (κ1) is 18.4. The molecule has 1 unspecified atom stereocenters. The van der Waals surface area contributed by atoms with E-state index in [9.17, 15) is 4.79 Å². The number of likely N-dealkylation sites (tertiary alicyclic amines) is 1. The number of halogens is 3. The molecule has 1 aliphatic heterocycles. The number of likely N-dealkylation sites (N-methyl/N-ethyl adjacent to an activating group) is 1. The fourth-order valence-electron chi connectivity index (χ4n) is 2.45. The van der Waals surface area contributed by atoms with Crippen LogP contribution in [0.2, 0.25) is 10.0 Å². The van der Waals surface area contributed by atoms with Crippen LogP contribution in [0.3, 0.4) is 0 Å². The zero-order valence-electron chi connectivity index (χ0n) is 11.8. The van der Waals surface area contributed by atoms with Gasteiger partial charge in [-0.05, 0) is 38.1 Å². The van der Waals surface area contributed by atoms with Gasteiger partial charge in [-0.2, -0.15) is 0 Å². The second-order valence-electron chi connectivity index (χ2n) is 4.83. The van der Waals surface area contributed by atoms with E-state index in [1.54, 1.807) is 18.2 Å². The zero-order chi connectivity index (χ0) is 14.5. The van der Waals surface area contributed by atoms with Crippen molar-refractivity contribution >= 4 is 41.5 Å². The maximum absolute atomic E-state index is 12.2. The highest BCUT2D eigenvalue weighted by Gasteiger charge is 2.28. The van der Waals surface area contributed by atoms with Crippen LogP contribution in [-0.2, 0) is 4.79 Å². The molecule has 4 nitrogen and oxygen atoms in total. The Labute approximate surface area is 141 Å². The Hall–Kier alpha value is -0.680. The summed E-state index contributed by atoms with van der Waals surface area (Å²) in [5.41, 5.74) is 0. The Morgan fingerprint density at radius 3 is 2.67 bits per heavy atom. The van der Waals surface area contributed by atoms with Crippen LogP contribution in [0, 0.1) is 0 Å². The number of nitrogens with one attached hydrogen (secondary N) is 1. The Morgan fingerprint density at radius 1 is 1.38 bits per heavy atom. The number of rotatable bonds is 5. The van der Waals surface area contributed by atoms with Gasteiger partial charge in [-0.1, -0.05) is 23.2 Å². The van der Waals surface area contributed by atoms with Crippen molar-refractivity contribution in [1.29, 1.82) is 0 Å². The van der Waals surface area contributed by atoms with Crippen LogP contribution in [0.25, 0.3) is 0 Å². The van der Waals surface area contributed by atoms with Crippen molar-refractivity contribution in [3.63, 3.8) is 0 Å². The van der Waals surface area contributed by atoms with Crippen LogP contribution in [0.1, 0.15) is 12.8 Å². The fourth-order valence-corrected chi connectivity index (χ4v) is 2.96. The van der Waals surface area contributed by atoms with Crippen LogP contribution in [-0.4, -0.2) is 43.6 Å². The average Bonchev–Trinajstić information content (AvgIpc) is 2.83. The summed E-state index contributed by atoms with van der Waals surface area (Å²) in [6, 6.07) is 5.19. The molecule has 2 rings (SSSR count). The second kappa shape index (κ2) is 8.69. The molecule has 0 aromatic heterocycles. The Balaban J connectivity index is 0.00000220. The summed E-state index contributed by atoms with van der Waals surface area (Å²) in [5.74, 6) is 0.513. The summed E-state index contributed by atoms with van der Waals surface area (Å²) >= 11 is 11.8. The normalized spacial score (nSPS) is 17.5. The van der Waals surface area contributed by atoms with Crippen molar-refractivity contribution in [3.8, 4) is 5.75 Å². The lowest BCUT2D eigenvalue weighted by Crippen LogP contribution is -2.43.